The van der Waals surface area contributed by atoms with Gasteiger partial charge in [-0.05, 0) is 28.8 Å². The Bertz CT molecular complexity index is 550. The van der Waals surface area contributed by atoms with Crippen LogP contribution in [0.3, 0.4) is 0 Å². The third kappa shape index (κ3) is 1.95. The second-order valence-corrected chi connectivity index (χ2v) is 4.46. The second kappa shape index (κ2) is 4.53. The van der Waals surface area contributed by atoms with Gasteiger partial charge in [-0.1, -0.05) is 41.6 Å². The van der Waals surface area contributed by atoms with Gasteiger partial charge in [0.1, 0.15) is 0 Å². The molecule has 1 heterocycles. The van der Waals surface area contributed by atoms with Crippen molar-refractivity contribution < 1.29 is 5.21 Å². The fourth-order valence-electron chi connectivity index (χ4n) is 2.35. The van der Waals surface area contributed by atoms with Crippen LogP contribution in [0.2, 0.25) is 0 Å². The standard InChI is InChI=1S/C15H14N2O/c18-16-9-12-5-7-15(8-6-12)17-10-13-3-1-2-4-14(13)11-17/h1-9,18H,10-11H2/b16-9+. The molecule has 3 nitrogen and oxygen atoms in total. The molecule has 2 aromatic carbocycles. The quantitative estimate of drug-likeness (QED) is 0.496. The van der Waals surface area contributed by atoms with Gasteiger partial charge in [-0.15, -0.1) is 0 Å². The number of fused-ring (bicyclic) bond motifs is 1. The van der Waals surface area contributed by atoms with Crippen LogP contribution in [0.4, 0.5) is 5.69 Å². The summed E-state index contributed by atoms with van der Waals surface area (Å²) < 4.78 is 0. The molecule has 1 aliphatic heterocycles. The van der Waals surface area contributed by atoms with Crippen LogP contribution in [0, 0.1) is 0 Å². The first kappa shape index (κ1) is 10.8. The highest BCUT2D eigenvalue weighted by Gasteiger charge is 2.17. The molecule has 3 heteroatoms. The van der Waals surface area contributed by atoms with Crippen LogP contribution in [0.1, 0.15) is 16.7 Å². The SMILES string of the molecule is O/N=C/c1ccc(N2Cc3ccccc3C2)cc1. The van der Waals surface area contributed by atoms with E-state index in [1.165, 1.54) is 23.0 Å². The summed E-state index contributed by atoms with van der Waals surface area (Å²) in [6, 6.07) is 16.6. The lowest BCUT2D eigenvalue weighted by Gasteiger charge is -2.17. The second-order valence-electron chi connectivity index (χ2n) is 4.46. The van der Waals surface area contributed by atoms with Gasteiger partial charge in [-0.25, -0.2) is 0 Å². The number of hydrogen-bond acceptors (Lipinski definition) is 3. The van der Waals surface area contributed by atoms with Crippen molar-refractivity contribution in [2.45, 2.75) is 13.1 Å². The highest BCUT2D eigenvalue weighted by molar-refractivity contribution is 5.79. The first-order valence-electron chi connectivity index (χ1n) is 5.96. The van der Waals surface area contributed by atoms with Gasteiger partial charge in [0, 0.05) is 18.8 Å². The van der Waals surface area contributed by atoms with E-state index in [-0.39, 0.29) is 0 Å². The molecule has 2 aromatic rings. The van der Waals surface area contributed by atoms with Gasteiger partial charge in [-0.3, -0.25) is 0 Å². The minimum absolute atomic E-state index is 0.901. The molecule has 0 spiro atoms. The molecule has 18 heavy (non-hydrogen) atoms. The van der Waals surface area contributed by atoms with Crippen LogP contribution in [-0.4, -0.2) is 11.4 Å². The summed E-state index contributed by atoms with van der Waals surface area (Å²) in [5.74, 6) is 0. The zero-order valence-electron chi connectivity index (χ0n) is 9.95. The van der Waals surface area contributed by atoms with Gasteiger partial charge in [0.05, 0.1) is 6.21 Å². The Morgan fingerprint density at radius 1 is 0.944 bits per heavy atom. The molecule has 1 aliphatic rings. The van der Waals surface area contributed by atoms with Gasteiger partial charge in [0.2, 0.25) is 0 Å². The Hall–Kier alpha value is -2.29. The number of benzene rings is 2. The molecule has 0 radical (unpaired) electrons. The maximum absolute atomic E-state index is 8.48. The fourth-order valence-corrected chi connectivity index (χ4v) is 2.35. The van der Waals surface area contributed by atoms with Crippen LogP contribution in [0.15, 0.2) is 53.7 Å². The predicted octanol–water partition coefficient (Wildman–Crippen LogP) is 3.01. The molecule has 1 N–H and O–H groups in total. The molecule has 0 saturated carbocycles. The monoisotopic (exact) mass is 238 g/mol. The zero-order chi connectivity index (χ0) is 12.4. The van der Waals surface area contributed by atoms with Crippen LogP contribution < -0.4 is 4.90 Å². The predicted molar refractivity (Wildman–Crippen MR) is 72.2 cm³/mol. The largest absolute Gasteiger partial charge is 0.411 e. The van der Waals surface area contributed by atoms with Crippen LogP contribution in [-0.2, 0) is 13.1 Å². The van der Waals surface area contributed by atoms with E-state index >= 15 is 0 Å². The summed E-state index contributed by atoms with van der Waals surface area (Å²) in [5, 5.41) is 11.5. The van der Waals surface area contributed by atoms with E-state index in [1.807, 2.05) is 12.1 Å². The molecule has 0 aromatic heterocycles. The van der Waals surface area contributed by atoms with E-state index in [0.29, 0.717) is 0 Å². The number of oxime groups is 1. The lowest BCUT2D eigenvalue weighted by Crippen LogP contribution is -2.14. The number of rotatable bonds is 2. The van der Waals surface area contributed by atoms with Gasteiger partial charge in [-0.2, -0.15) is 0 Å². The third-order valence-corrected chi connectivity index (χ3v) is 3.31. The Labute approximate surface area is 106 Å². The maximum atomic E-state index is 8.48. The molecular formula is C15H14N2O. The summed E-state index contributed by atoms with van der Waals surface area (Å²) in [7, 11) is 0. The van der Waals surface area contributed by atoms with Crippen LogP contribution >= 0.6 is 0 Å². The molecule has 3 rings (SSSR count). The Morgan fingerprint density at radius 3 is 2.11 bits per heavy atom. The highest BCUT2D eigenvalue weighted by atomic mass is 16.4. The summed E-state index contributed by atoms with van der Waals surface area (Å²) >= 11 is 0. The minimum atomic E-state index is 0.901. The van der Waals surface area contributed by atoms with E-state index in [4.69, 9.17) is 5.21 Å². The van der Waals surface area contributed by atoms with Crippen molar-refractivity contribution in [1.29, 1.82) is 0 Å². The average Bonchev–Trinajstić information content (AvgIpc) is 2.84. The summed E-state index contributed by atoms with van der Waals surface area (Å²) in [5.41, 5.74) is 4.90. The molecule has 0 saturated heterocycles. The molecule has 0 aliphatic carbocycles. The summed E-state index contributed by atoms with van der Waals surface area (Å²) in [6.45, 7) is 1.92. The molecular weight excluding hydrogens is 224 g/mol. The Balaban J connectivity index is 1.82. The molecule has 90 valence electrons. The van der Waals surface area contributed by atoms with Gasteiger partial charge >= 0.3 is 0 Å². The highest BCUT2D eigenvalue weighted by Crippen LogP contribution is 2.27. The Kier molecular flexibility index (Phi) is 2.73. The molecule has 0 amide bonds. The lowest BCUT2D eigenvalue weighted by molar-refractivity contribution is 0.322. The average molecular weight is 238 g/mol. The summed E-state index contributed by atoms with van der Waals surface area (Å²) in [6.07, 6.45) is 1.43. The fraction of sp³-hybridized carbons (Fsp3) is 0.133. The number of anilines is 1. The van der Waals surface area contributed by atoms with Crippen molar-refractivity contribution in [2.24, 2.45) is 5.16 Å². The van der Waals surface area contributed by atoms with Gasteiger partial charge in [0.15, 0.2) is 0 Å². The van der Waals surface area contributed by atoms with Crippen LogP contribution in [0.25, 0.3) is 0 Å². The maximum Gasteiger partial charge on any atom is 0.0733 e. The number of hydrogen-bond donors (Lipinski definition) is 1. The van der Waals surface area contributed by atoms with Crippen molar-refractivity contribution in [3.63, 3.8) is 0 Å². The normalized spacial score (nSPS) is 14.1. The van der Waals surface area contributed by atoms with E-state index in [0.717, 1.165) is 18.7 Å². The lowest BCUT2D eigenvalue weighted by atomic mass is 10.1. The zero-order valence-corrected chi connectivity index (χ0v) is 9.95. The molecule has 0 bridgehead atoms. The van der Waals surface area contributed by atoms with Crippen molar-refractivity contribution in [3.05, 3.63) is 65.2 Å². The number of nitrogens with zero attached hydrogens (tertiary/aromatic N) is 2. The van der Waals surface area contributed by atoms with E-state index in [2.05, 4.69) is 46.5 Å². The molecule has 0 unspecified atom stereocenters. The van der Waals surface area contributed by atoms with E-state index in [9.17, 15) is 0 Å². The smallest absolute Gasteiger partial charge is 0.0733 e. The van der Waals surface area contributed by atoms with Crippen molar-refractivity contribution >= 4 is 11.9 Å². The topological polar surface area (TPSA) is 35.8 Å². The van der Waals surface area contributed by atoms with Crippen molar-refractivity contribution in [1.82, 2.24) is 0 Å². The third-order valence-electron chi connectivity index (χ3n) is 3.31. The van der Waals surface area contributed by atoms with Gasteiger partial charge < -0.3 is 10.1 Å². The van der Waals surface area contributed by atoms with E-state index in [1.54, 1.807) is 0 Å². The van der Waals surface area contributed by atoms with Crippen molar-refractivity contribution in [3.8, 4) is 0 Å². The molecule has 0 fully saturated rings. The first-order chi connectivity index (χ1) is 8.86. The first-order valence-corrected chi connectivity index (χ1v) is 5.96. The summed E-state index contributed by atoms with van der Waals surface area (Å²) in [4.78, 5) is 2.34. The van der Waals surface area contributed by atoms with Crippen LogP contribution in [0.5, 0.6) is 0 Å². The Morgan fingerprint density at radius 2 is 1.56 bits per heavy atom. The van der Waals surface area contributed by atoms with E-state index < -0.39 is 0 Å². The van der Waals surface area contributed by atoms with Crippen molar-refractivity contribution in [2.75, 3.05) is 4.90 Å². The minimum Gasteiger partial charge on any atom is -0.411 e. The van der Waals surface area contributed by atoms with Gasteiger partial charge in [0.25, 0.3) is 0 Å². The molecule has 0 atom stereocenters.